The minimum atomic E-state index is -1.05. The molecule has 0 amide bonds. The van der Waals surface area contributed by atoms with Crippen molar-refractivity contribution in [1.82, 2.24) is 0 Å². The molecule has 0 unspecified atom stereocenters. The van der Waals surface area contributed by atoms with Gasteiger partial charge in [-0.05, 0) is 5.56 Å². The number of hydrogen-bond acceptors (Lipinski definition) is 2. The minimum absolute atomic E-state index is 0. The summed E-state index contributed by atoms with van der Waals surface area (Å²) in [5.41, 5.74) is 0.133. The maximum atomic E-state index is 10.6. The van der Waals surface area contributed by atoms with E-state index in [1.807, 2.05) is 24.3 Å². The normalized spacial score (nSPS) is 8.85. The summed E-state index contributed by atoms with van der Waals surface area (Å²) in [6.45, 7) is 6.09. The summed E-state index contributed by atoms with van der Waals surface area (Å²) in [6.07, 6.45) is 0. The van der Waals surface area contributed by atoms with Gasteiger partial charge in [-0.15, -0.1) is 35.2 Å². The van der Waals surface area contributed by atoms with E-state index < -0.39 is 11.9 Å². The fraction of sp³-hybridized carbons (Fsp3) is 0.0667. The zero-order valence-corrected chi connectivity index (χ0v) is 13.9. The van der Waals surface area contributed by atoms with Crippen molar-refractivity contribution in [3.63, 3.8) is 0 Å². The van der Waals surface area contributed by atoms with Crippen molar-refractivity contribution < 1.29 is 39.3 Å². The largest absolute Gasteiger partial charge is 2.00 e. The van der Waals surface area contributed by atoms with E-state index in [0.29, 0.717) is 0 Å². The van der Waals surface area contributed by atoms with E-state index in [1.165, 1.54) is 6.92 Å². The van der Waals surface area contributed by atoms with E-state index >= 15 is 0 Å². The molecular formula is C15H12O4Zn. The maximum absolute atomic E-state index is 10.6. The number of hydrogen-bond donors (Lipinski definition) is 2. The Kier molecular flexibility index (Phi) is 7.41. The zero-order valence-electron chi connectivity index (χ0n) is 11.0. The first-order valence-corrected chi connectivity index (χ1v) is 5.38. The quantitative estimate of drug-likeness (QED) is 0.507. The van der Waals surface area contributed by atoms with Crippen LogP contribution in [0.5, 0.6) is 0 Å². The van der Waals surface area contributed by atoms with Gasteiger partial charge in [-0.2, -0.15) is 0 Å². The topological polar surface area (TPSA) is 74.6 Å². The van der Waals surface area contributed by atoms with Crippen LogP contribution in [0, 0.1) is 12.6 Å². The van der Waals surface area contributed by atoms with Crippen molar-refractivity contribution in [1.29, 1.82) is 0 Å². The summed E-state index contributed by atoms with van der Waals surface area (Å²) >= 11 is 0. The van der Waals surface area contributed by atoms with Crippen LogP contribution in [0.4, 0.5) is 0 Å². The van der Waals surface area contributed by atoms with Gasteiger partial charge in [-0.25, -0.2) is 0 Å². The number of carboxylic acid groups (broad SMARTS) is 2. The molecule has 0 atom stereocenters. The minimum Gasteiger partial charge on any atom is -0.562 e. The van der Waals surface area contributed by atoms with Gasteiger partial charge >= 0.3 is 19.5 Å². The molecule has 5 heteroatoms. The van der Waals surface area contributed by atoms with Gasteiger partial charge in [0.2, 0.25) is 0 Å². The van der Waals surface area contributed by atoms with Gasteiger partial charge in [-0.1, -0.05) is 30.5 Å². The van der Waals surface area contributed by atoms with Gasteiger partial charge in [0.05, 0.1) is 0 Å². The Bertz CT molecular complexity index is 623. The van der Waals surface area contributed by atoms with Gasteiger partial charge in [0.1, 0.15) is 0 Å². The standard InChI is InChI=1S/C11H7O2.C4H5O2.Zn/c12-11(13)10-6-5-8-3-1-2-4-9(8)7-10;1-3(2)4(5)6;/h1-6H,(H,12,13);1H,2H3,(H,5,6);/q2*-1;+2. The second kappa shape index (κ2) is 8.23. The summed E-state index contributed by atoms with van der Waals surface area (Å²) in [6, 6.07) is 13.7. The van der Waals surface area contributed by atoms with E-state index in [4.69, 9.17) is 16.8 Å². The van der Waals surface area contributed by atoms with Gasteiger partial charge in [0.15, 0.2) is 5.97 Å². The molecule has 0 bridgehead atoms. The predicted octanol–water partition coefficient (Wildman–Crippen LogP) is 2.79. The molecule has 0 aliphatic rings. The second-order valence-electron chi connectivity index (χ2n) is 3.75. The molecule has 20 heavy (non-hydrogen) atoms. The van der Waals surface area contributed by atoms with Gasteiger partial charge in [-0.3, -0.25) is 11.4 Å². The molecule has 98 valence electrons. The van der Waals surface area contributed by atoms with Crippen LogP contribution in [0.2, 0.25) is 0 Å². The first-order valence-electron chi connectivity index (χ1n) is 5.38. The average molecular weight is 322 g/mol. The summed E-state index contributed by atoms with van der Waals surface area (Å²) in [7, 11) is 0. The van der Waals surface area contributed by atoms with Crippen molar-refractivity contribution in [2.24, 2.45) is 0 Å². The van der Waals surface area contributed by atoms with Crippen LogP contribution in [-0.2, 0) is 24.3 Å². The first kappa shape index (κ1) is 18.0. The number of carboxylic acids is 2. The fourth-order valence-corrected chi connectivity index (χ4v) is 1.24. The smallest absolute Gasteiger partial charge is 0.562 e. The first-order chi connectivity index (χ1) is 8.91. The molecule has 0 aliphatic heterocycles. The third-order valence-corrected chi connectivity index (χ3v) is 2.23. The summed E-state index contributed by atoms with van der Waals surface area (Å²) in [5, 5.41) is 18.4. The second-order valence-corrected chi connectivity index (χ2v) is 3.75. The van der Waals surface area contributed by atoms with E-state index in [9.17, 15) is 9.59 Å². The number of fused-ring (bicyclic) bond motifs is 1. The molecule has 0 aromatic heterocycles. The molecule has 2 rings (SSSR count). The van der Waals surface area contributed by atoms with Gasteiger partial charge < -0.3 is 15.0 Å². The fourth-order valence-electron chi connectivity index (χ4n) is 1.24. The Morgan fingerprint density at radius 1 is 1.10 bits per heavy atom. The molecule has 0 saturated heterocycles. The molecule has 0 aliphatic carbocycles. The third kappa shape index (κ3) is 5.33. The van der Waals surface area contributed by atoms with Crippen molar-refractivity contribution >= 4 is 22.7 Å². The molecule has 0 spiro atoms. The van der Waals surface area contributed by atoms with Gasteiger partial charge in [0.25, 0.3) is 5.97 Å². The van der Waals surface area contributed by atoms with E-state index in [0.717, 1.165) is 10.8 Å². The third-order valence-electron chi connectivity index (χ3n) is 2.23. The number of aromatic carboxylic acids is 1. The maximum Gasteiger partial charge on any atom is 2.00 e. The molecular weight excluding hydrogens is 310 g/mol. The molecule has 4 nitrogen and oxygen atoms in total. The van der Waals surface area contributed by atoms with Crippen molar-refractivity contribution in [2.45, 2.75) is 6.92 Å². The van der Waals surface area contributed by atoms with Crippen LogP contribution in [0.25, 0.3) is 10.8 Å². The van der Waals surface area contributed by atoms with Gasteiger partial charge in [0, 0.05) is 0 Å². The zero-order chi connectivity index (χ0) is 14.4. The Morgan fingerprint density at radius 2 is 1.65 bits per heavy atom. The summed E-state index contributed by atoms with van der Waals surface area (Å²) in [5.74, 6) is -1.99. The number of rotatable bonds is 2. The van der Waals surface area contributed by atoms with Crippen molar-refractivity contribution in [3.8, 4) is 0 Å². The van der Waals surface area contributed by atoms with Crippen LogP contribution < -0.4 is 0 Å². The van der Waals surface area contributed by atoms with Crippen LogP contribution in [-0.4, -0.2) is 22.2 Å². The number of aliphatic carboxylic acids is 1. The van der Waals surface area contributed by atoms with Crippen molar-refractivity contribution in [3.05, 3.63) is 60.2 Å². The van der Waals surface area contributed by atoms with Crippen LogP contribution in [0.3, 0.4) is 0 Å². The summed E-state index contributed by atoms with van der Waals surface area (Å²) < 4.78 is 0. The Hall–Kier alpha value is -2.00. The molecule has 2 N–H and O–H groups in total. The predicted molar refractivity (Wildman–Crippen MR) is 70.9 cm³/mol. The Balaban J connectivity index is 0.000000448. The molecule has 2 aromatic rings. The van der Waals surface area contributed by atoms with E-state index in [2.05, 4.69) is 6.07 Å². The molecule has 0 heterocycles. The number of benzene rings is 2. The molecule has 2 aromatic carbocycles. The van der Waals surface area contributed by atoms with Crippen LogP contribution in [0.1, 0.15) is 17.3 Å². The monoisotopic (exact) mass is 320 g/mol. The average Bonchev–Trinajstić information content (AvgIpc) is 2.38. The Labute approximate surface area is 129 Å². The number of carbonyl (C=O) groups is 2. The molecule has 0 fully saturated rings. The van der Waals surface area contributed by atoms with Crippen molar-refractivity contribution in [2.75, 3.05) is 0 Å². The SMILES string of the molecule is O=C(O)c1[c-]c2ccccc2cc1.[CH-]=C(C)C(=O)O.[Zn+2]. The molecule has 0 saturated carbocycles. The molecule has 0 radical (unpaired) electrons. The Morgan fingerprint density at radius 3 is 2.15 bits per heavy atom. The van der Waals surface area contributed by atoms with Crippen LogP contribution in [0.15, 0.2) is 42.0 Å². The summed E-state index contributed by atoms with van der Waals surface area (Å²) in [4.78, 5) is 20.2. The van der Waals surface area contributed by atoms with Crippen LogP contribution >= 0.6 is 0 Å². The van der Waals surface area contributed by atoms with E-state index in [1.54, 1.807) is 12.1 Å². The van der Waals surface area contributed by atoms with E-state index in [-0.39, 0.29) is 30.6 Å².